The van der Waals surface area contributed by atoms with E-state index in [2.05, 4.69) is 39.9 Å². The van der Waals surface area contributed by atoms with E-state index >= 15 is 0 Å². The minimum atomic E-state index is -0.0714. The SMILES string of the molecule is CCCCSCC1C(=O)CC(C)(C)NC1(C)C. The lowest BCUT2D eigenvalue weighted by molar-refractivity contribution is -0.129. The summed E-state index contributed by atoms with van der Waals surface area (Å²) in [4.78, 5) is 12.2. The van der Waals surface area contributed by atoms with Gasteiger partial charge in [-0.1, -0.05) is 13.3 Å². The van der Waals surface area contributed by atoms with Crippen molar-refractivity contribution in [2.24, 2.45) is 5.92 Å². The summed E-state index contributed by atoms with van der Waals surface area (Å²) in [7, 11) is 0. The fourth-order valence-corrected chi connectivity index (χ4v) is 4.21. The van der Waals surface area contributed by atoms with Crippen LogP contribution in [0, 0.1) is 5.92 Å². The van der Waals surface area contributed by atoms with Crippen molar-refractivity contribution in [1.82, 2.24) is 5.32 Å². The molecule has 1 fully saturated rings. The molecule has 0 radical (unpaired) electrons. The number of piperidine rings is 1. The van der Waals surface area contributed by atoms with Crippen molar-refractivity contribution in [1.29, 1.82) is 0 Å². The van der Waals surface area contributed by atoms with E-state index in [-0.39, 0.29) is 17.0 Å². The Hall–Kier alpha value is -0.0200. The standard InChI is InChI=1S/C14H27NOS/c1-6-7-8-17-10-11-12(16)9-13(2,3)15-14(11,4)5/h11,15H,6-10H2,1-5H3. The predicted octanol–water partition coefficient (Wildman–Crippen LogP) is 3.26. The molecule has 0 bridgehead atoms. The molecule has 1 aliphatic heterocycles. The Morgan fingerprint density at radius 3 is 2.53 bits per heavy atom. The van der Waals surface area contributed by atoms with Crippen LogP contribution < -0.4 is 5.32 Å². The van der Waals surface area contributed by atoms with Crippen molar-refractivity contribution in [3.8, 4) is 0 Å². The second kappa shape index (κ2) is 5.75. The lowest BCUT2D eigenvalue weighted by Crippen LogP contribution is -2.63. The maximum Gasteiger partial charge on any atom is 0.140 e. The first-order valence-corrected chi connectivity index (χ1v) is 7.84. The number of carbonyl (C=O) groups excluding carboxylic acids is 1. The van der Waals surface area contributed by atoms with Crippen LogP contribution in [0.4, 0.5) is 0 Å². The number of nitrogens with one attached hydrogen (secondary N) is 1. The molecule has 0 aromatic rings. The normalized spacial score (nSPS) is 27.1. The zero-order valence-electron chi connectivity index (χ0n) is 11.9. The van der Waals surface area contributed by atoms with Gasteiger partial charge in [0.1, 0.15) is 5.78 Å². The van der Waals surface area contributed by atoms with Crippen LogP contribution in [0.15, 0.2) is 0 Å². The zero-order chi connectivity index (χ0) is 13.1. The molecule has 1 rings (SSSR count). The van der Waals surface area contributed by atoms with Gasteiger partial charge in [0, 0.05) is 29.2 Å². The van der Waals surface area contributed by atoms with Gasteiger partial charge in [-0.15, -0.1) is 0 Å². The molecular weight excluding hydrogens is 230 g/mol. The Morgan fingerprint density at radius 1 is 1.35 bits per heavy atom. The van der Waals surface area contributed by atoms with Gasteiger partial charge >= 0.3 is 0 Å². The molecule has 0 aromatic carbocycles. The number of hydrogen-bond acceptors (Lipinski definition) is 3. The van der Waals surface area contributed by atoms with Gasteiger partial charge in [-0.25, -0.2) is 0 Å². The molecule has 2 nitrogen and oxygen atoms in total. The largest absolute Gasteiger partial charge is 0.306 e. The minimum absolute atomic E-state index is 0.0504. The van der Waals surface area contributed by atoms with Crippen LogP contribution in [0.25, 0.3) is 0 Å². The second-order valence-electron chi connectivity index (χ2n) is 6.35. The quantitative estimate of drug-likeness (QED) is 0.767. The first-order valence-electron chi connectivity index (χ1n) is 6.68. The molecule has 0 aliphatic carbocycles. The van der Waals surface area contributed by atoms with E-state index in [9.17, 15) is 4.79 Å². The number of carbonyl (C=O) groups is 1. The van der Waals surface area contributed by atoms with Gasteiger partial charge in [0.15, 0.2) is 0 Å². The highest BCUT2D eigenvalue weighted by Crippen LogP contribution is 2.33. The van der Waals surface area contributed by atoms with Crippen LogP contribution in [-0.4, -0.2) is 28.4 Å². The fraction of sp³-hybridized carbons (Fsp3) is 0.929. The van der Waals surface area contributed by atoms with Gasteiger partial charge < -0.3 is 5.32 Å². The number of thioether (sulfide) groups is 1. The van der Waals surface area contributed by atoms with Crippen molar-refractivity contribution in [3.63, 3.8) is 0 Å². The maximum absolute atomic E-state index is 12.2. The molecule has 0 saturated carbocycles. The molecular formula is C14H27NOS. The Morgan fingerprint density at radius 2 is 2.00 bits per heavy atom. The zero-order valence-corrected chi connectivity index (χ0v) is 12.7. The van der Waals surface area contributed by atoms with Crippen LogP contribution >= 0.6 is 11.8 Å². The lowest BCUT2D eigenvalue weighted by atomic mass is 9.74. The molecule has 1 N–H and O–H groups in total. The summed E-state index contributed by atoms with van der Waals surface area (Å²) >= 11 is 1.93. The number of unbranched alkanes of at least 4 members (excludes halogenated alkanes) is 1. The molecule has 1 heterocycles. The smallest absolute Gasteiger partial charge is 0.140 e. The van der Waals surface area contributed by atoms with Crippen LogP contribution in [0.5, 0.6) is 0 Å². The summed E-state index contributed by atoms with van der Waals surface area (Å²) in [5.41, 5.74) is -0.122. The van der Waals surface area contributed by atoms with Crippen LogP contribution in [0.3, 0.4) is 0 Å². The highest BCUT2D eigenvalue weighted by atomic mass is 32.2. The number of rotatable bonds is 5. The molecule has 1 aliphatic rings. The average Bonchev–Trinajstić information content (AvgIpc) is 2.12. The van der Waals surface area contributed by atoms with Crippen molar-refractivity contribution in [3.05, 3.63) is 0 Å². The van der Waals surface area contributed by atoms with E-state index in [1.807, 2.05) is 11.8 Å². The van der Waals surface area contributed by atoms with E-state index in [4.69, 9.17) is 0 Å². The van der Waals surface area contributed by atoms with E-state index in [0.717, 1.165) is 5.75 Å². The highest BCUT2D eigenvalue weighted by Gasteiger charge is 2.44. The topological polar surface area (TPSA) is 29.1 Å². The Balaban J connectivity index is 2.56. The van der Waals surface area contributed by atoms with Gasteiger partial charge in [-0.05, 0) is 39.9 Å². The number of hydrogen-bond donors (Lipinski definition) is 1. The van der Waals surface area contributed by atoms with E-state index in [1.165, 1.54) is 18.6 Å². The molecule has 1 atom stereocenters. The third kappa shape index (κ3) is 4.29. The van der Waals surface area contributed by atoms with Crippen molar-refractivity contribution in [2.75, 3.05) is 11.5 Å². The van der Waals surface area contributed by atoms with Crippen LogP contribution in [0.1, 0.15) is 53.9 Å². The Bertz CT molecular complexity index is 273. The monoisotopic (exact) mass is 257 g/mol. The van der Waals surface area contributed by atoms with E-state index in [1.54, 1.807) is 0 Å². The first kappa shape index (κ1) is 15.0. The molecule has 0 spiro atoms. The Kier molecular flexibility index (Phi) is 5.08. The van der Waals surface area contributed by atoms with Crippen molar-refractivity contribution >= 4 is 17.5 Å². The third-order valence-electron chi connectivity index (χ3n) is 3.46. The third-order valence-corrected chi connectivity index (χ3v) is 4.61. The van der Waals surface area contributed by atoms with Gasteiger partial charge in [0.2, 0.25) is 0 Å². The second-order valence-corrected chi connectivity index (χ2v) is 7.50. The Labute approximate surface area is 110 Å². The molecule has 17 heavy (non-hydrogen) atoms. The molecule has 1 unspecified atom stereocenters. The lowest BCUT2D eigenvalue weighted by Gasteiger charge is -2.46. The van der Waals surface area contributed by atoms with Gasteiger partial charge in [0.25, 0.3) is 0 Å². The van der Waals surface area contributed by atoms with Gasteiger partial charge in [-0.2, -0.15) is 11.8 Å². The van der Waals surface area contributed by atoms with Crippen LogP contribution in [-0.2, 0) is 4.79 Å². The van der Waals surface area contributed by atoms with E-state index in [0.29, 0.717) is 12.2 Å². The summed E-state index contributed by atoms with van der Waals surface area (Å²) in [6, 6.07) is 0. The average molecular weight is 257 g/mol. The molecule has 0 amide bonds. The molecule has 100 valence electrons. The molecule has 3 heteroatoms. The summed E-state index contributed by atoms with van der Waals surface area (Å²) in [6.07, 6.45) is 3.15. The highest BCUT2D eigenvalue weighted by molar-refractivity contribution is 7.99. The predicted molar refractivity (Wildman–Crippen MR) is 76.6 cm³/mol. The molecule has 1 saturated heterocycles. The summed E-state index contributed by atoms with van der Waals surface area (Å²) in [6.45, 7) is 10.8. The molecule has 0 aromatic heterocycles. The summed E-state index contributed by atoms with van der Waals surface area (Å²) < 4.78 is 0. The van der Waals surface area contributed by atoms with Gasteiger partial charge in [0.05, 0.1) is 0 Å². The minimum Gasteiger partial charge on any atom is -0.306 e. The van der Waals surface area contributed by atoms with E-state index < -0.39 is 0 Å². The van der Waals surface area contributed by atoms with Crippen molar-refractivity contribution < 1.29 is 4.79 Å². The first-order chi connectivity index (χ1) is 7.78. The van der Waals surface area contributed by atoms with Gasteiger partial charge in [-0.3, -0.25) is 4.79 Å². The number of ketones is 1. The summed E-state index contributed by atoms with van der Waals surface area (Å²) in [5, 5.41) is 3.62. The van der Waals surface area contributed by atoms with Crippen LogP contribution in [0.2, 0.25) is 0 Å². The fourth-order valence-electron chi connectivity index (χ4n) is 2.71. The van der Waals surface area contributed by atoms with Crippen molar-refractivity contribution in [2.45, 2.75) is 65.0 Å². The maximum atomic E-state index is 12.2. The summed E-state index contributed by atoms with van der Waals surface area (Å²) in [5.74, 6) is 2.74. The number of Topliss-reactive ketones (excluding diaryl/α,β-unsaturated/α-hetero) is 1.